The SMILES string of the molecule is CCCn1c2ccccc2c2nnc(S[C@H](C)c3nc(C)no3)nc21. The van der Waals surface area contributed by atoms with E-state index in [-0.39, 0.29) is 5.25 Å². The number of aryl methyl sites for hydroxylation is 2. The van der Waals surface area contributed by atoms with E-state index in [1.54, 1.807) is 6.92 Å². The fourth-order valence-corrected chi connectivity index (χ4v) is 3.62. The molecule has 1 atom stereocenters. The lowest BCUT2D eigenvalue weighted by Crippen LogP contribution is -2.01. The van der Waals surface area contributed by atoms with Crippen LogP contribution in [0.3, 0.4) is 0 Å². The Morgan fingerprint density at radius 1 is 1.20 bits per heavy atom. The summed E-state index contributed by atoms with van der Waals surface area (Å²) >= 11 is 1.47. The normalized spacial score (nSPS) is 12.9. The second-order valence-corrected chi connectivity index (χ2v) is 7.18. The van der Waals surface area contributed by atoms with Gasteiger partial charge in [-0.25, -0.2) is 4.98 Å². The van der Waals surface area contributed by atoms with E-state index in [9.17, 15) is 0 Å². The van der Waals surface area contributed by atoms with Gasteiger partial charge in [-0.2, -0.15) is 4.98 Å². The number of nitrogens with zero attached hydrogens (tertiary/aromatic N) is 6. The van der Waals surface area contributed by atoms with Crippen molar-refractivity contribution in [1.82, 2.24) is 29.9 Å². The van der Waals surface area contributed by atoms with Gasteiger partial charge in [0.15, 0.2) is 11.5 Å². The summed E-state index contributed by atoms with van der Waals surface area (Å²) in [5.41, 5.74) is 2.85. The van der Waals surface area contributed by atoms with Gasteiger partial charge in [-0.3, -0.25) is 0 Å². The third kappa shape index (κ3) is 2.86. The average Bonchev–Trinajstić information content (AvgIpc) is 3.18. The van der Waals surface area contributed by atoms with Gasteiger partial charge in [0.2, 0.25) is 11.0 Å². The van der Waals surface area contributed by atoms with Crippen molar-refractivity contribution in [2.45, 2.75) is 44.1 Å². The number of hydrogen-bond donors (Lipinski definition) is 0. The molecule has 0 aliphatic carbocycles. The van der Waals surface area contributed by atoms with E-state index in [1.807, 2.05) is 19.1 Å². The Bertz CT molecular complexity index is 1040. The molecule has 25 heavy (non-hydrogen) atoms. The summed E-state index contributed by atoms with van der Waals surface area (Å²) in [6.07, 6.45) is 1.03. The molecule has 0 unspecified atom stereocenters. The van der Waals surface area contributed by atoms with Crippen molar-refractivity contribution >= 4 is 33.8 Å². The molecule has 0 fully saturated rings. The second-order valence-electron chi connectivity index (χ2n) is 5.88. The van der Waals surface area contributed by atoms with Gasteiger partial charge in [0.1, 0.15) is 5.52 Å². The summed E-state index contributed by atoms with van der Waals surface area (Å²) in [5.74, 6) is 1.19. The average molecular weight is 354 g/mol. The van der Waals surface area contributed by atoms with Crippen molar-refractivity contribution in [3.8, 4) is 0 Å². The maximum Gasteiger partial charge on any atom is 0.239 e. The number of aromatic nitrogens is 6. The van der Waals surface area contributed by atoms with Gasteiger partial charge >= 0.3 is 0 Å². The van der Waals surface area contributed by atoms with Crippen molar-refractivity contribution in [3.63, 3.8) is 0 Å². The highest BCUT2D eigenvalue weighted by molar-refractivity contribution is 7.99. The number of thioether (sulfide) groups is 1. The van der Waals surface area contributed by atoms with Crippen molar-refractivity contribution in [2.75, 3.05) is 0 Å². The smallest absolute Gasteiger partial charge is 0.239 e. The zero-order valence-corrected chi connectivity index (χ0v) is 15.1. The quantitative estimate of drug-likeness (QED) is 0.502. The number of benzene rings is 1. The van der Waals surface area contributed by atoms with E-state index < -0.39 is 0 Å². The molecule has 0 radical (unpaired) electrons. The highest BCUT2D eigenvalue weighted by atomic mass is 32.2. The van der Waals surface area contributed by atoms with Gasteiger partial charge in [0, 0.05) is 11.9 Å². The number of hydrogen-bond acceptors (Lipinski definition) is 7. The number of fused-ring (bicyclic) bond motifs is 3. The Balaban J connectivity index is 1.76. The first-order valence-electron chi connectivity index (χ1n) is 8.26. The van der Waals surface area contributed by atoms with E-state index in [1.165, 1.54) is 11.8 Å². The molecule has 3 heterocycles. The zero-order chi connectivity index (χ0) is 17.4. The number of para-hydroxylation sites is 1. The predicted octanol–water partition coefficient (Wildman–Crippen LogP) is 3.93. The van der Waals surface area contributed by atoms with Crippen LogP contribution in [-0.4, -0.2) is 29.9 Å². The zero-order valence-electron chi connectivity index (χ0n) is 14.3. The Kier molecular flexibility index (Phi) is 4.12. The molecule has 1 aromatic carbocycles. The summed E-state index contributed by atoms with van der Waals surface area (Å²) in [5, 5.41) is 14.2. The summed E-state index contributed by atoms with van der Waals surface area (Å²) in [4.78, 5) is 9.04. The lowest BCUT2D eigenvalue weighted by atomic mass is 10.2. The van der Waals surface area contributed by atoms with Crippen LogP contribution >= 0.6 is 11.8 Å². The summed E-state index contributed by atoms with van der Waals surface area (Å²) < 4.78 is 7.45. The van der Waals surface area contributed by atoms with E-state index in [2.05, 4.69) is 44.0 Å². The highest BCUT2D eigenvalue weighted by Crippen LogP contribution is 2.33. The summed E-state index contributed by atoms with van der Waals surface area (Å²) in [6, 6.07) is 8.22. The molecule has 128 valence electrons. The van der Waals surface area contributed by atoms with Crippen LogP contribution in [0.25, 0.3) is 22.1 Å². The minimum atomic E-state index is -0.0375. The van der Waals surface area contributed by atoms with Gasteiger partial charge in [0.05, 0.1) is 10.8 Å². The van der Waals surface area contributed by atoms with Crippen molar-refractivity contribution in [2.24, 2.45) is 0 Å². The minimum absolute atomic E-state index is 0.0375. The van der Waals surface area contributed by atoms with Crippen LogP contribution < -0.4 is 0 Å². The standard InChI is InChI=1S/C17H18N6OS/c1-4-9-23-13-8-6-5-7-12(13)14-15(23)19-17(21-20-14)25-10(2)16-18-11(3)22-24-16/h5-8,10H,4,9H2,1-3H3/t10-/m1/s1. The molecule has 3 aromatic heterocycles. The van der Waals surface area contributed by atoms with Crippen molar-refractivity contribution < 1.29 is 4.52 Å². The lowest BCUT2D eigenvalue weighted by molar-refractivity contribution is 0.376. The fraction of sp³-hybridized carbons (Fsp3) is 0.353. The predicted molar refractivity (Wildman–Crippen MR) is 96.4 cm³/mol. The Labute approximate surface area is 148 Å². The maximum atomic E-state index is 5.23. The molecular formula is C17H18N6OS. The van der Waals surface area contributed by atoms with Gasteiger partial charge in [-0.05, 0) is 26.3 Å². The largest absolute Gasteiger partial charge is 0.338 e. The molecular weight excluding hydrogens is 336 g/mol. The van der Waals surface area contributed by atoms with Crippen LogP contribution in [0.1, 0.15) is 37.2 Å². The summed E-state index contributed by atoms with van der Waals surface area (Å²) in [7, 11) is 0. The van der Waals surface area contributed by atoms with Crippen LogP contribution in [0.2, 0.25) is 0 Å². The number of rotatable bonds is 5. The fourth-order valence-electron chi connectivity index (χ4n) is 2.88. The monoisotopic (exact) mass is 354 g/mol. The molecule has 0 saturated heterocycles. The third-order valence-corrected chi connectivity index (χ3v) is 4.91. The molecule has 0 N–H and O–H groups in total. The first kappa shape index (κ1) is 16.0. The van der Waals surface area contributed by atoms with Crippen molar-refractivity contribution in [3.05, 3.63) is 36.0 Å². The maximum absolute atomic E-state index is 5.23. The van der Waals surface area contributed by atoms with Crippen molar-refractivity contribution in [1.29, 1.82) is 0 Å². The van der Waals surface area contributed by atoms with Crippen LogP contribution in [-0.2, 0) is 6.54 Å². The van der Waals surface area contributed by atoms with Crippen LogP contribution in [0.15, 0.2) is 33.9 Å². The molecule has 0 spiro atoms. The molecule has 0 amide bonds. The van der Waals surface area contributed by atoms with E-state index in [4.69, 9.17) is 9.51 Å². The minimum Gasteiger partial charge on any atom is -0.338 e. The molecule has 0 aliphatic heterocycles. The third-order valence-electron chi connectivity index (χ3n) is 3.97. The van der Waals surface area contributed by atoms with Gasteiger partial charge < -0.3 is 9.09 Å². The van der Waals surface area contributed by atoms with E-state index in [0.717, 1.165) is 35.0 Å². The van der Waals surface area contributed by atoms with Gasteiger partial charge in [-0.1, -0.05) is 42.0 Å². The molecule has 0 aliphatic rings. The molecule has 8 heteroatoms. The van der Waals surface area contributed by atoms with E-state index >= 15 is 0 Å². The molecule has 0 saturated carbocycles. The van der Waals surface area contributed by atoms with Crippen LogP contribution in [0.4, 0.5) is 0 Å². The second kappa shape index (κ2) is 6.44. The molecule has 4 rings (SSSR count). The molecule has 7 nitrogen and oxygen atoms in total. The van der Waals surface area contributed by atoms with Gasteiger partial charge in [0.25, 0.3) is 0 Å². The van der Waals surface area contributed by atoms with Gasteiger partial charge in [-0.15, -0.1) is 10.2 Å². The summed E-state index contributed by atoms with van der Waals surface area (Å²) in [6.45, 7) is 6.85. The highest BCUT2D eigenvalue weighted by Gasteiger charge is 2.19. The first-order chi connectivity index (χ1) is 12.2. The van der Waals surface area contributed by atoms with Crippen LogP contribution in [0.5, 0.6) is 0 Å². The first-order valence-corrected chi connectivity index (χ1v) is 9.14. The Morgan fingerprint density at radius 3 is 2.80 bits per heavy atom. The topological polar surface area (TPSA) is 82.5 Å². The van der Waals surface area contributed by atoms with Crippen LogP contribution in [0, 0.1) is 6.92 Å². The Morgan fingerprint density at radius 2 is 2.04 bits per heavy atom. The molecule has 0 bridgehead atoms. The lowest BCUT2D eigenvalue weighted by Gasteiger charge is -2.06. The Hall–Kier alpha value is -2.48. The van der Waals surface area contributed by atoms with E-state index in [0.29, 0.717) is 16.9 Å². The molecule has 4 aromatic rings.